The zero-order valence-electron chi connectivity index (χ0n) is 14.3. The van der Waals surface area contributed by atoms with Crippen molar-refractivity contribution in [3.8, 4) is 17.1 Å². The molecule has 0 atom stereocenters. The van der Waals surface area contributed by atoms with E-state index in [4.69, 9.17) is 11.6 Å². The Labute approximate surface area is 160 Å². The van der Waals surface area contributed by atoms with Crippen LogP contribution in [-0.2, 0) is 0 Å². The number of rotatable bonds is 4. The van der Waals surface area contributed by atoms with Crippen LogP contribution in [-0.4, -0.2) is 30.9 Å². The monoisotopic (exact) mass is 378 g/mol. The van der Waals surface area contributed by atoms with Gasteiger partial charge in [0.1, 0.15) is 5.82 Å². The van der Waals surface area contributed by atoms with E-state index >= 15 is 0 Å². The number of aromatic amines is 1. The van der Waals surface area contributed by atoms with Crippen molar-refractivity contribution in [2.45, 2.75) is 6.92 Å². The van der Waals surface area contributed by atoms with Gasteiger partial charge in [-0.2, -0.15) is 10.2 Å². The van der Waals surface area contributed by atoms with E-state index < -0.39 is 0 Å². The van der Waals surface area contributed by atoms with Crippen molar-refractivity contribution in [3.05, 3.63) is 77.3 Å². The first-order valence-electron chi connectivity index (χ1n) is 8.20. The van der Waals surface area contributed by atoms with E-state index in [-0.39, 0.29) is 5.91 Å². The van der Waals surface area contributed by atoms with Gasteiger partial charge in [0.25, 0.3) is 5.91 Å². The van der Waals surface area contributed by atoms with Gasteiger partial charge in [-0.1, -0.05) is 29.8 Å². The van der Waals surface area contributed by atoms with Gasteiger partial charge in [0, 0.05) is 22.5 Å². The van der Waals surface area contributed by atoms with E-state index in [9.17, 15) is 4.79 Å². The number of aromatic nitrogens is 5. The molecule has 0 saturated carbocycles. The van der Waals surface area contributed by atoms with Crippen molar-refractivity contribution < 1.29 is 4.79 Å². The molecule has 134 valence electrons. The Morgan fingerprint density at radius 1 is 1.19 bits per heavy atom. The first-order chi connectivity index (χ1) is 13.1. The fourth-order valence-electron chi connectivity index (χ4n) is 2.61. The van der Waals surface area contributed by atoms with Crippen molar-refractivity contribution in [2.75, 3.05) is 5.32 Å². The predicted octanol–water partition coefficient (Wildman–Crippen LogP) is 3.87. The highest BCUT2D eigenvalue weighted by molar-refractivity contribution is 6.30. The summed E-state index contributed by atoms with van der Waals surface area (Å²) in [5, 5.41) is 14.6. The molecule has 0 spiro atoms. The summed E-state index contributed by atoms with van der Waals surface area (Å²) in [7, 11) is 0. The predicted molar refractivity (Wildman–Crippen MR) is 103 cm³/mol. The van der Waals surface area contributed by atoms with Crippen LogP contribution in [0.4, 0.5) is 5.69 Å². The van der Waals surface area contributed by atoms with Crippen LogP contribution < -0.4 is 5.32 Å². The lowest BCUT2D eigenvalue weighted by Crippen LogP contribution is -2.11. The third kappa shape index (κ3) is 3.73. The number of benzene rings is 2. The van der Waals surface area contributed by atoms with E-state index in [0.29, 0.717) is 22.1 Å². The quantitative estimate of drug-likeness (QED) is 0.564. The molecule has 4 rings (SSSR count). The second-order valence-electron chi connectivity index (χ2n) is 5.93. The number of nitrogens with zero attached hydrogens (tertiary/aromatic N) is 4. The summed E-state index contributed by atoms with van der Waals surface area (Å²) in [6.45, 7) is 1.83. The Hall–Kier alpha value is -3.45. The molecule has 8 heteroatoms. The fraction of sp³-hybridized carbons (Fsp3) is 0.0526. The SMILES string of the molecule is Cc1nc(-c2cccc(NC(=O)c3cnn(-c4cccc(Cl)c4)c3)c2)n[nH]1. The van der Waals surface area contributed by atoms with Crippen LogP contribution in [0.2, 0.25) is 5.02 Å². The van der Waals surface area contributed by atoms with Crippen molar-refractivity contribution >= 4 is 23.2 Å². The standard InChI is InChI=1S/C19H15ClN6O/c1-12-22-18(25-24-12)13-4-2-6-16(8-13)23-19(27)14-10-21-26(11-14)17-7-3-5-15(20)9-17/h2-11H,1H3,(H,23,27)(H,22,24,25). The molecule has 7 nitrogen and oxygen atoms in total. The van der Waals surface area contributed by atoms with Gasteiger partial charge in [0.15, 0.2) is 5.82 Å². The van der Waals surface area contributed by atoms with Gasteiger partial charge >= 0.3 is 0 Å². The normalized spacial score (nSPS) is 10.7. The summed E-state index contributed by atoms with van der Waals surface area (Å²) in [5.74, 6) is 1.05. The molecule has 1 amide bonds. The lowest BCUT2D eigenvalue weighted by atomic mass is 10.2. The minimum Gasteiger partial charge on any atom is -0.322 e. The van der Waals surface area contributed by atoms with E-state index in [1.807, 2.05) is 43.3 Å². The van der Waals surface area contributed by atoms with Crippen LogP contribution in [0.1, 0.15) is 16.2 Å². The van der Waals surface area contributed by atoms with Gasteiger partial charge < -0.3 is 5.32 Å². The minimum absolute atomic E-state index is 0.258. The number of anilines is 1. The van der Waals surface area contributed by atoms with Crippen molar-refractivity contribution in [1.29, 1.82) is 0 Å². The highest BCUT2D eigenvalue weighted by Gasteiger charge is 2.11. The van der Waals surface area contributed by atoms with Crippen LogP contribution in [0.3, 0.4) is 0 Å². The molecule has 0 fully saturated rings. The van der Waals surface area contributed by atoms with Gasteiger partial charge in [0.2, 0.25) is 0 Å². The summed E-state index contributed by atoms with van der Waals surface area (Å²) < 4.78 is 1.60. The number of nitrogens with one attached hydrogen (secondary N) is 2. The molecule has 0 radical (unpaired) electrons. The maximum Gasteiger partial charge on any atom is 0.258 e. The van der Waals surface area contributed by atoms with E-state index in [2.05, 4.69) is 25.6 Å². The van der Waals surface area contributed by atoms with Gasteiger partial charge in [-0.3, -0.25) is 9.89 Å². The number of hydrogen-bond acceptors (Lipinski definition) is 4. The fourth-order valence-corrected chi connectivity index (χ4v) is 2.80. The first-order valence-corrected chi connectivity index (χ1v) is 8.58. The topological polar surface area (TPSA) is 88.5 Å². The second kappa shape index (κ2) is 7.05. The maximum absolute atomic E-state index is 12.5. The molecule has 2 aromatic heterocycles. The summed E-state index contributed by atoms with van der Waals surface area (Å²) in [6.07, 6.45) is 3.17. The lowest BCUT2D eigenvalue weighted by Gasteiger charge is -2.05. The molecule has 4 aromatic rings. The Kier molecular flexibility index (Phi) is 4.43. The maximum atomic E-state index is 12.5. The van der Waals surface area contributed by atoms with Crippen molar-refractivity contribution in [1.82, 2.24) is 25.0 Å². The Bertz CT molecular complexity index is 1120. The molecule has 2 aromatic carbocycles. The molecule has 27 heavy (non-hydrogen) atoms. The van der Waals surface area contributed by atoms with Crippen LogP contribution >= 0.6 is 11.6 Å². The number of amides is 1. The summed E-state index contributed by atoms with van der Waals surface area (Å²) in [5.41, 5.74) is 2.68. The lowest BCUT2D eigenvalue weighted by molar-refractivity contribution is 0.102. The molecule has 0 unspecified atom stereocenters. The Balaban J connectivity index is 1.53. The molecular formula is C19H15ClN6O. The number of carbonyl (C=O) groups excluding carboxylic acids is 1. The van der Waals surface area contributed by atoms with E-state index in [0.717, 1.165) is 17.1 Å². The molecule has 0 bridgehead atoms. The van der Waals surface area contributed by atoms with Gasteiger partial charge in [-0.15, -0.1) is 0 Å². The van der Waals surface area contributed by atoms with Gasteiger partial charge in [0.05, 0.1) is 17.4 Å². The molecule has 0 saturated heterocycles. The van der Waals surface area contributed by atoms with Crippen molar-refractivity contribution in [2.24, 2.45) is 0 Å². The smallest absolute Gasteiger partial charge is 0.258 e. The zero-order chi connectivity index (χ0) is 18.8. The Morgan fingerprint density at radius 2 is 2.04 bits per heavy atom. The average Bonchev–Trinajstić information content (AvgIpc) is 3.31. The highest BCUT2D eigenvalue weighted by Crippen LogP contribution is 2.20. The van der Waals surface area contributed by atoms with Crippen LogP contribution in [0, 0.1) is 6.92 Å². The van der Waals surface area contributed by atoms with Crippen LogP contribution in [0.25, 0.3) is 17.1 Å². The number of aryl methyl sites for hydroxylation is 1. The summed E-state index contributed by atoms with van der Waals surface area (Å²) in [4.78, 5) is 16.8. The highest BCUT2D eigenvalue weighted by atomic mass is 35.5. The van der Waals surface area contributed by atoms with E-state index in [1.165, 1.54) is 6.20 Å². The molecule has 2 heterocycles. The third-order valence-corrected chi connectivity index (χ3v) is 4.13. The van der Waals surface area contributed by atoms with E-state index in [1.54, 1.807) is 23.0 Å². The average molecular weight is 379 g/mol. The molecule has 0 aliphatic rings. The van der Waals surface area contributed by atoms with Gasteiger partial charge in [-0.25, -0.2) is 9.67 Å². The molecular weight excluding hydrogens is 364 g/mol. The Morgan fingerprint density at radius 3 is 2.81 bits per heavy atom. The zero-order valence-corrected chi connectivity index (χ0v) is 15.1. The van der Waals surface area contributed by atoms with Crippen LogP contribution in [0.15, 0.2) is 60.9 Å². The minimum atomic E-state index is -0.258. The number of H-pyrrole nitrogens is 1. The number of halogens is 1. The first kappa shape index (κ1) is 17.0. The molecule has 2 N–H and O–H groups in total. The number of hydrogen-bond donors (Lipinski definition) is 2. The van der Waals surface area contributed by atoms with Gasteiger partial charge in [-0.05, 0) is 37.3 Å². The molecule has 0 aliphatic carbocycles. The second-order valence-corrected chi connectivity index (χ2v) is 6.37. The molecule has 0 aliphatic heterocycles. The van der Waals surface area contributed by atoms with Crippen molar-refractivity contribution in [3.63, 3.8) is 0 Å². The summed E-state index contributed by atoms with van der Waals surface area (Å²) >= 11 is 6.01. The summed E-state index contributed by atoms with van der Waals surface area (Å²) in [6, 6.07) is 14.6. The third-order valence-electron chi connectivity index (χ3n) is 3.89. The van der Waals surface area contributed by atoms with Crippen LogP contribution in [0.5, 0.6) is 0 Å². The number of carbonyl (C=O) groups is 1. The largest absolute Gasteiger partial charge is 0.322 e.